The van der Waals surface area contributed by atoms with Gasteiger partial charge in [0.2, 0.25) is 0 Å². The van der Waals surface area contributed by atoms with E-state index in [0.717, 1.165) is 12.0 Å². The van der Waals surface area contributed by atoms with Crippen molar-refractivity contribution in [2.45, 2.75) is 51.5 Å². The van der Waals surface area contributed by atoms with Crippen molar-refractivity contribution in [2.75, 3.05) is 0 Å². The average Bonchev–Trinajstić information content (AvgIpc) is 2.47. The first-order valence-corrected chi connectivity index (χ1v) is 4.73. The smallest absolute Gasteiger partial charge is 0.191 e. The second-order valence-corrected chi connectivity index (χ2v) is 4.03. The molecule has 0 amide bonds. The van der Waals surface area contributed by atoms with Crippen LogP contribution in [0.3, 0.4) is 0 Å². The van der Waals surface area contributed by atoms with Gasteiger partial charge in [0, 0.05) is 0 Å². The van der Waals surface area contributed by atoms with E-state index in [9.17, 15) is 0 Å². The van der Waals surface area contributed by atoms with E-state index in [4.69, 9.17) is 14.2 Å². The van der Waals surface area contributed by atoms with E-state index in [-0.39, 0.29) is 18.5 Å². The molecule has 0 unspecified atom stereocenters. The summed E-state index contributed by atoms with van der Waals surface area (Å²) in [7, 11) is 0. The SMILES string of the molecule is C=C1[C@H]2OC(C)(C)O[C@H]2O[C@@H]1CC. The predicted octanol–water partition coefficient (Wildman–Crippen LogP) is 1.83. The Kier molecular flexibility index (Phi) is 1.98. The van der Waals surface area contributed by atoms with Crippen molar-refractivity contribution < 1.29 is 14.2 Å². The van der Waals surface area contributed by atoms with Crippen LogP contribution >= 0.6 is 0 Å². The Labute approximate surface area is 78.7 Å². The molecule has 2 aliphatic heterocycles. The first-order chi connectivity index (χ1) is 6.03. The third-order valence-electron chi connectivity index (χ3n) is 2.51. The zero-order valence-electron chi connectivity index (χ0n) is 8.37. The third kappa shape index (κ3) is 1.41. The van der Waals surface area contributed by atoms with Gasteiger partial charge in [0.25, 0.3) is 0 Å². The van der Waals surface area contributed by atoms with Crippen molar-refractivity contribution in [3.8, 4) is 0 Å². The average molecular weight is 184 g/mol. The minimum absolute atomic E-state index is 0.0695. The van der Waals surface area contributed by atoms with Crippen molar-refractivity contribution in [1.82, 2.24) is 0 Å². The van der Waals surface area contributed by atoms with Crippen LogP contribution < -0.4 is 0 Å². The summed E-state index contributed by atoms with van der Waals surface area (Å²) in [6.45, 7) is 9.84. The number of ether oxygens (including phenoxy) is 3. The quantitative estimate of drug-likeness (QED) is 0.582. The largest absolute Gasteiger partial charge is 0.342 e. The second-order valence-electron chi connectivity index (χ2n) is 4.03. The lowest BCUT2D eigenvalue weighted by atomic mass is 10.1. The van der Waals surface area contributed by atoms with Crippen molar-refractivity contribution >= 4 is 0 Å². The second kappa shape index (κ2) is 2.80. The molecule has 13 heavy (non-hydrogen) atoms. The topological polar surface area (TPSA) is 27.7 Å². The van der Waals surface area contributed by atoms with Crippen LogP contribution in [0, 0.1) is 0 Å². The van der Waals surface area contributed by atoms with Crippen molar-refractivity contribution in [1.29, 1.82) is 0 Å². The molecule has 2 rings (SSSR count). The molecule has 2 aliphatic rings. The van der Waals surface area contributed by atoms with Crippen LogP contribution in [0.4, 0.5) is 0 Å². The van der Waals surface area contributed by atoms with Gasteiger partial charge in [-0.25, -0.2) is 0 Å². The fourth-order valence-corrected chi connectivity index (χ4v) is 1.87. The number of hydrogen-bond donors (Lipinski definition) is 0. The van der Waals surface area contributed by atoms with Gasteiger partial charge in [0.05, 0.1) is 6.10 Å². The summed E-state index contributed by atoms with van der Waals surface area (Å²) in [4.78, 5) is 0. The lowest BCUT2D eigenvalue weighted by Gasteiger charge is -2.20. The molecule has 0 aliphatic carbocycles. The first-order valence-electron chi connectivity index (χ1n) is 4.73. The molecule has 0 aromatic carbocycles. The van der Waals surface area contributed by atoms with E-state index in [1.807, 2.05) is 13.8 Å². The van der Waals surface area contributed by atoms with Crippen LogP contribution in [0.5, 0.6) is 0 Å². The molecule has 0 aromatic heterocycles. The molecule has 3 nitrogen and oxygen atoms in total. The minimum atomic E-state index is -0.531. The molecule has 0 spiro atoms. The molecule has 0 N–H and O–H groups in total. The normalized spacial score (nSPS) is 42.4. The summed E-state index contributed by atoms with van der Waals surface area (Å²) in [5.41, 5.74) is 1.01. The summed E-state index contributed by atoms with van der Waals surface area (Å²) in [6.07, 6.45) is 0.720. The van der Waals surface area contributed by atoms with Crippen LogP contribution in [0.25, 0.3) is 0 Å². The lowest BCUT2D eigenvalue weighted by Crippen LogP contribution is -2.25. The van der Waals surface area contributed by atoms with Crippen LogP contribution in [0.2, 0.25) is 0 Å². The minimum Gasteiger partial charge on any atom is -0.342 e. The maximum atomic E-state index is 5.67. The number of rotatable bonds is 1. The Morgan fingerprint density at radius 1 is 1.38 bits per heavy atom. The Morgan fingerprint density at radius 3 is 2.62 bits per heavy atom. The van der Waals surface area contributed by atoms with E-state index in [1.54, 1.807) is 0 Å². The summed E-state index contributed by atoms with van der Waals surface area (Å²) < 4.78 is 16.9. The maximum Gasteiger partial charge on any atom is 0.191 e. The molecule has 0 bridgehead atoms. The van der Waals surface area contributed by atoms with E-state index >= 15 is 0 Å². The van der Waals surface area contributed by atoms with Gasteiger partial charge < -0.3 is 14.2 Å². The highest BCUT2D eigenvalue weighted by molar-refractivity contribution is 5.16. The highest BCUT2D eigenvalue weighted by Crippen LogP contribution is 2.40. The van der Waals surface area contributed by atoms with Gasteiger partial charge in [0.15, 0.2) is 12.1 Å². The van der Waals surface area contributed by atoms with Gasteiger partial charge in [-0.2, -0.15) is 0 Å². The molecule has 0 aromatic rings. The molecule has 3 atom stereocenters. The van der Waals surface area contributed by atoms with Gasteiger partial charge in [-0.1, -0.05) is 13.5 Å². The zero-order chi connectivity index (χ0) is 9.64. The van der Waals surface area contributed by atoms with Crippen LogP contribution in [0.15, 0.2) is 12.2 Å². The summed E-state index contributed by atoms with van der Waals surface area (Å²) in [5, 5.41) is 0. The Hall–Kier alpha value is -0.380. The van der Waals surface area contributed by atoms with Gasteiger partial charge in [-0.3, -0.25) is 0 Å². The molecule has 2 heterocycles. The first kappa shape index (κ1) is 9.19. The predicted molar refractivity (Wildman–Crippen MR) is 48.1 cm³/mol. The highest BCUT2D eigenvalue weighted by Gasteiger charge is 2.50. The summed E-state index contributed by atoms with van der Waals surface area (Å²) >= 11 is 0. The van der Waals surface area contributed by atoms with E-state index in [0.29, 0.717) is 0 Å². The maximum absolute atomic E-state index is 5.67. The van der Waals surface area contributed by atoms with Gasteiger partial charge in [0.1, 0.15) is 6.10 Å². The zero-order valence-corrected chi connectivity index (χ0v) is 8.37. The van der Waals surface area contributed by atoms with Crippen molar-refractivity contribution in [3.05, 3.63) is 12.2 Å². The number of fused-ring (bicyclic) bond motifs is 1. The molecule has 3 heteroatoms. The fourth-order valence-electron chi connectivity index (χ4n) is 1.87. The summed E-state index contributed by atoms with van der Waals surface area (Å²) in [5.74, 6) is -0.531. The molecular formula is C10H16O3. The van der Waals surface area contributed by atoms with Gasteiger partial charge in [-0.05, 0) is 25.8 Å². The van der Waals surface area contributed by atoms with Crippen molar-refractivity contribution in [2.24, 2.45) is 0 Å². The standard InChI is InChI=1S/C10H16O3/c1-5-7-6(2)8-9(11-7)13-10(3,4)12-8/h7-9H,2,5H2,1,3-4H3/t7-,8-,9-/m1/s1. The molecular weight excluding hydrogens is 168 g/mol. The van der Waals surface area contributed by atoms with E-state index in [1.165, 1.54) is 0 Å². The van der Waals surface area contributed by atoms with Crippen LogP contribution in [0.1, 0.15) is 27.2 Å². The Bertz CT molecular complexity index is 234. The molecule has 0 saturated carbocycles. The fraction of sp³-hybridized carbons (Fsp3) is 0.800. The Morgan fingerprint density at radius 2 is 2.08 bits per heavy atom. The van der Waals surface area contributed by atoms with Crippen LogP contribution in [-0.2, 0) is 14.2 Å². The monoisotopic (exact) mass is 184 g/mol. The van der Waals surface area contributed by atoms with Gasteiger partial charge in [-0.15, -0.1) is 0 Å². The lowest BCUT2D eigenvalue weighted by molar-refractivity contribution is -0.200. The summed E-state index contributed by atoms with van der Waals surface area (Å²) in [6, 6.07) is 0. The van der Waals surface area contributed by atoms with Crippen molar-refractivity contribution in [3.63, 3.8) is 0 Å². The molecule has 74 valence electrons. The number of hydrogen-bond acceptors (Lipinski definition) is 3. The highest BCUT2D eigenvalue weighted by atomic mass is 16.8. The van der Waals surface area contributed by atoms with Gasteiger partial charge >= 0.3 is 0 Å². The molecule has 2 fully saturated rings. The van der Waals surface area contributed by atoms with Crippen LogP contribution in [-0.4, -0.2) is 24.3 Å². The van der Waals surface area contributed by atoms with E-state index < -0.39 is 5.79 Å². The molecule has 2 saturated heterocycles. The molecule has 0 radical (unpaired) electrons. The third-order valence-corrected chi connectivity index (χ3v) is 2.51. The van der Waals surface area contributed by atoms with E-state index in [2.05, 4.69) is 13.5 Å². The Balaban J connectivity index is 2.11.